The Kier molecular flexibility index (Phi) is 5.84. The molecule has 2 aromatic carbocycles. The van der Waals surface area contributed by atoms with E-state index in [1.54, 1.807) is 7.11 Å². The number of hydrogen-bond donors (Lipinski definition) is 1. The van der Waals surface area contributed by atoms with Gasteiger partial charge < -0.3 is 19.7 Å². The third kappa shape index (κ3) is 4.02. The van der Waals surface area contributed by atoms with Crippen LogP contribution in [0.5, 0.6) is 11.5 Å². The predicted octanol–water partition coefficient (Wildman–Crippen LogP) is 3.49. The normalized spacial score (nSPS) is 16.5. The van der Waals surface area contributed by atoms with Gasteiger partial charge in [-0.2, -0.15) is 0 Å². The largest absolute Gasteiger partial charge is 0.496 e. The van der Waals surface area contributed by atoms with Crippen molar-refractivity contribution in [3.63, 3.8) is 0 Å². The van der Waals surface area contributed by atoms with Crippen LogP contribution in [-0.2, 0) is 6.42 Å². The zero-order valence-electron chi connectivity index (χ0n) is 16.6. The number of nitrogens with zero attached hydrogens (tertiary/aromatic N) is 1. The second-order valence-corrected chi connectivity index (χ2v) is 7.33. The van der Waals surface area contributed by atoms with Crippen LogP contribution < -0.4 is 14.8 Å². The molecular formula is C22H30N2O2. The molecule has 0 aromatic heterocycles. The van der Waals surface area contributed by atoms with Gasteiger partial charge in [0.05, 0.1) is 13.2 Å². The summed E-state index contributed by atoms with van der Waals surface area (Å²) < 4.78 is 11.6. The van der Waals surface area contributed by atoms with E-state index in [1.807, 2.05) is 0 Å². The number of methoxy groups -OCH3 is 1. The van der Waals surface area contributed by atoms with E-state index in [0.717, 1.165) is 31.0 Å². The van der Waals surface area contributed by atoms with Gasteiger partial charge >= 0.3 is 0 Å². The van der Waals surface area contributed by atoms with Crippen molar-refractivity contribution in [2.45, 2.75) is 26.3 Å². The van der Waals surface area contributed by atoms with Crippen molar-refractivity contribution in [2.24, 2.45) is 0 Å². The van der Waals surface area contributed by atoms with Crippen molar-refractivity contribution in [3.05, 3.63) is 58.1 Å². The molecule has 4 nitrogen and oxygen atoms in total. The molecule has 0 saturated carbocycles. The van der Waals surface area contributed by atoms with Gasteiger partial charge in [-0.25, -0.2) is 0 Å². The first-order valence-corrected chi connectivity index (χ1v) is 9.28. The maximum Gasteiger partial charge on any atom is 0.124 e. The number of ether oxygens (including phenoxy) is 2. The molecule has 0 fully saturated rings. The third-order valence-electron chi connectivity index (χ3n) is 5.13. The molecule has 26 heavy (non-hydrogen) atoms. The van der Waals surface area contributed by atoms with Gasteiger partial charge in [-0.15, -0.1) is 0 Å². The molecule has 140 valence electrons. The molecule has 2 aromatic rings. The summed E-state index contributed by atoms with van der Waals surface area (Å²) in [6.07, 6.45) is 1.02. The lowest BCUT2D eigenvalue weighted by Gasteiger charge is -2.29. The van der Waals surface area contributed by atoms with Crippen LogP contribution in [0.25, 0.3) is 0 Å². The van der Waals surface area contributed by atoms with E-state index in [0.29, 0.717) is 6.61 Å². The van der Waals surface area contributed by atoms with E-state index < -0.39 is 0 Å². The summed E-state index contributed by atoms with van der Waals surface area (Å²) >= 11 is 0. The molecule has 1 heterocycles. The monoisotopic (exact) mass is 354 g/mol. The second-order valence-electron chi connectivity index (χ2n) is 7.33. The van der Waals surface area contributed by atoms with Crippen LogP contribution in [0.3, 0.4) is 0 Å². The third-order valence-corrected chi connectivity index (χ3v) is 5.13. The zero-order chi connectivity index (χ0) is 18.7. The predicted molar refractivity (Wildman–Crippen MR) is 107 cm³/mol. The Labute approximate surface area is 157 Å². The average Bonchev–Trinajstić information content (AvgIpc) is 2.62. The van der Waals surface area contributed by atoms with Crippen LogP contribution >= 0.6 is 0 Å². The Morgan fingerprint density at radius 1 is 1.08 bits per heavy atom. The molecule has 1 aliphatic heterocycles. The summed E-state index contributed by atoms with van der Waals surface area (Å²) in [6.45, 7) is 6.86. The number of fused-ring (bicyclic) bond motifs is 1. The highest BCUT2D eigenvalue weighted by molar-refractivity contribution is 5.50. The van der Waals surface area contributed by atoms with Crippen LogP contribution in [-0.4, -0.2) is 45.8 Å². The number of benzene rings is 2. The number of nitrogens with one attached hydrogen (secondary N) is 1. The molecule has 0 aliphatic carbocycles. The Hall–Kier alpha value is -2.04. The summed E-state index contributed by atoms with van der Waals surface area (Å²) in [5.41, 5.74) is 6.43. The molecule has 1 atom stereocenters. The molecule has 0 amide bonds. The molecular weight excluding hydrogens is 324 g/mol. The lowest BCUT2D eigenvalue weighted by Crippen LogP contribution is -2.31. The van der Waals surface area contributed by atoms with Crippen LogP contribution in [0.2, 0.25) is 0 Å². The van der Waals surface area contributed by atoms with Crippen LogP contribution in [0, 0.1) is 13.8 Å². The molecule has 1 unspecified atom stereocenters. The first-order chi connectivity index (χ1) is 12.5. The van der Waals surface area contributed by atoms with Crippen molar-refractivity contribution in [1.29, 1.82) is 0 Å². The topological polar surface area (TPSA) is 33.7 Å². The van der Waals surface area contributed by atoms with Gasteiger partial charge in [-0.1, -0.05) is 12.1 Å². The van der Waals surface area contributed by atoms with Gasteiger partial charge in [0, 0.05) is 18.7 Å². The number of aryl methyl sites for hydroxylation is 2. The van der Waals surface area contributed by atoms with Crippen LogP contribution in [0.1, 0.15) is 33.9 Å². The van der Waals surface area contributed by atoms with Gasteiger partial charge in [0.2, 0.25) is 0 Å². The Balaban J connectivity index is 1.89. The lowest BCUT2D eigenvalue weighted by atomic mass is 9.88. The van der Waals surface area contributed by atoms with E-state index >= 15 is 0 Å². The number of likely N-dealkylation sites (N-methyl/N-ethyl adjacent to an activating group) is 1. The summed E-state index contributed by atoms with van der Waals surface area (Å²) in [5, 5.41) is 3.66. The van der Waals surface area contributed by atoms with Crippen molar-refractivity contribution >= 4 is 0 Å². The summed E-state index contributed by atoms with van der Waals surface area (Å²) in [4.78, 5) is 2.13. The highest BCUT2D eigenvalue weighted by atomic mass is 16.5. The van der Waals surface area contributed by atoms with E-state index in [4.69, 9.17) is 9.47 Å². The Morgan fingerprint density at radius 2 is 1.85 bits per heavy atom. The van der Waals surface area contributed by atoms with Gasteiger partial charge in [-0.05, 0) is 74.8 Å². The standard InChI is InChI=1S/C22H30N2O2/c1-15-12-20(21(25-5)13-16(15)2)22-19-7-6-18(26-11-10-24(3)4)14-17(19)8-9-23-22/h6-7,12-14,22-23H,8-11H2,1-5H3. The van der Waals surface area contributed by atoms with Crippen molar-refractivity contribution < 1.29 is 9.47 Å². The second kappa shape index (κ2) is 8.11. The molecule has 0 radical (unpaired) electrons. The summed E-state index contributed by atoms with van der Waals surface area (Å²) in [7, 11) is 5.87. The first-order valence-electron chi connectivity index (χ1n) is 9.28. The SMILES string of the molecule is COc1cc(C)c(C)cc1C1NCCc2cc(OCCN(C)C)ccc21. The minimum atomic E-state index is 0.156. The maximum atomic E-state index is 5.92. The van der Waals surface area contributed by atoms with E-state index in [9.17, 15) is 0 Å². The lowest BCUT2D eigenvalue weighted by molar-refractivity contribution is 0.261. The molecule has 0 bridgehead atoms. The fraction of sp³-hybridized carbons (Fsp3) is 0.455. The van der Waals surface area contributed by atoms with Gasteiger partial charge in [0.15, 0.2) is 0 Å². The van der Waals surface area contributed by atoms with Gasteiger partial charge in [0.1, 0.15) is 18.1 Å². The van der Waals surface area contributed by atoms with Crippen molar-refractivity contribution in [2.75, 3.05) is 40.9 Å². The smallest absolute Gasteiger partial charge is 0.124 e. The minimum absolute atomic E-state index is 0.156. The molecule has 0 spiro atoms. The van der Waals surface area contributed by atoms with E-state index in [2.05, 4.69) is 68.5 Å². The van der Waals surface area contributed by atoms with Gasteiger partial charge in [0.25, 0.3) is 0 Å². The fourth-order valence-electron chi connectivity index (χ4n) is 3.47. The molecule has 1 N–H and O–H groups in total. The van der Waals surface area contributed by atoms with Crippen molar-refractivity contribution in [1.82, 2.24) is 10.2 Å². The molecule has 0 saturated heterocycles. The van der Waals surface area contributed by atoms with Crippen LogP contribution in [0.4, 0.5) is 0 Å². The summed E-state index contributed by atoms with van der Waals surface area (Å²) in [6, 6.07) is 11.0. The molecule has 4 heteroatoms. The summed E-state index contributed by atoms with van der Waals surface area (Å²) in [5.74, 6) is 1.91. The zero-order valence-corrected chi connectivity index (χ0v) is 16.6. The number of hydrogen-bond acceptors (Lipinski definition) is 4. The molecule has 3 rings (SSSR count). The first kappa shape index (κ1) is 18.7. The maximum absolute atomic E-state index is 5.92. The average molecular weight is 354 g/mol. The quantitative estimate of drug-likeness (QED) is 0.861. The highest BCUT2D eigenvalue weighted by Gasteiger charge is 2.25. The Bertz CT molecular complexity index is 771. The minimum Gasteiger partial charge on any atom is -0.496 e. The Morgan fingerprint density at radius 3 is 2.58 bits per heavy atom. The van der Waals surface area contributed by atoms with Crippen LogP contribution in [0.15, 0.2) is 30.3 Å². The van der Waals surface area contributed by atoms with E-state index in [-0.39, 0.29) is 6.04 Å². The van der Waals surface area contributed by atoms with Gasteiger partial charge in [-0.3, -0.25) is 0 Å². The highest BCUT2D eigenvalue weighted by Crippen LogP contribution is 2.36. The van der Waals surface area contributed by atoms with Crippen molar-refractivity contribution in [3.8, 4) is 11.5 Å². The number of rotatable bonds is 6. The molecule has 1 aliphatic rings. The van der Waals surface area contributed by atoms with E-state index in [1.165, 1.54) is 27.8 Å². The fourth-order valence-corrected chi connectivity index (χ4v) is 3.47.